The summed E-state index contributed by atoms with van der Waals surface area (Å²) in [5.41, 5.74) is 4.64. The van der Waals surface area contributed by atoms with E-state index < -0.39 is 0 Å². The van der Waals surface area contributed by atoms with Crippen molar-refractivity contribution in [3.8, 4) is 0 Å². The lowest BCUT2D eigenvalue weighted by Crippen LogP contribution is -2.04. The molecule has 3 aromatic rings. The molecule has 0 aliphatic carbocycles. The first-order valence-electron chi connectivity index (χ1n) is 5.76. The van der Waals surface area contributed by atoms with E-state index in [1.807, 2.05) is 31.2 Å². The number of hydrazone groups is 1. The van der Waals surface area contributed by atoms with Crippen molar-refractivity contribution in [2.24, 2.45) is 5.10 Å². The van der Waals surface area contributed by atoms with Crippen LogP contribution in [0.15, 0.2) is 47.8 Å². The Hall–Kier alpha value is -2.34. The molecule has 0 radical (unpaired) electrons. The van der Waals surface area contributed by atoms with Crippen LogP contribution in [0.2, 0.25) is 0 Å². The Labute approximate surface area is 114 Å². The van der Waals surface area contributed by atoms with Gasteiger partial charge in [0.1, 0.15) is 5.71 Å². The first-order chi connectivity index (χ1) is 9.33. The lowest BCUT2D eigenvalue weighted by atomic mass is 10.3. The average Bonchev–Trinajstić information content (AvgIpc) is 2.88. The van der Waals surface area contributed by atoms with Crippen molar-refractivity contribution in [2.75, 3.05) is 5.43 Å². The number of fused-ring (bicyclic) bond motifs is 1. The normalized spacial score (nSPS) is 11.7. The second-order valence-corrected chi connectivity index (χ2v) is 4.90. The lowest BCUT2D eigenvalue weighted by Gasteiger charge is -1.98. The Bertz CT molecular complexity index is 687. The van der Waals surface area contributed by atoms with Gasteiger partial charge in [0.15, 0.2) is 5.82 Å². The third kappa shape index (κ3) is 2.58. The van der Waals surface area contributed by atoms with E-state index in [0.717, 1.165) is 21.1 Å². The van der Waals surface area contributed by atoms with E-state index >= 15 is 0 Å². The van der Waals surface area contributed by atoms with Gasteiger partial charge >= 0.3 is 0 Å². The Morgan fingerprint density at radius 2 is 1.95 bits per heavy atom. The number of thiazole rings is 1. The maximum absolute atomic E-state index is 4.44. The van der Waals surface area contributed by atoms with Crippen molar-refractivity contribution >= 4 is 32.4 Å². The van der Waals surface area contributed by atoms with E-state index in [-0.39, 0.29) is 0 Å². The van der Waals surface area contributed by atoms with Gasteiger partial charge < -0.3 is 0 Å². The summed E-state index contributed by atoms with van der Waals surface area (Å²) in [5, 5.41) is 5.01. The van der Waals surface area contributed by atoms with E-state index in [2.05, 4.69) is 25.5 Å². The van der Waals surface area contributed by atoms with Crippen LogP contribution in [0.1, 0.15) is 12.7 Å². The zero-order chi connectivity index (χ0) is 13.1. The van der Waals surface area contributed by atoms with E-state index in [1.54, 1.807) is 29.8 Å². The highest BCUT2D eigenvalue weighted by Gasteiger charge is 2.03. The summed E-state index contributed by atoms with van der Waals surface area (Å²) in [4.78, 5) is 12.7. The van der Waals surface area contributed by atoms with Gasteiger partial charge in [-0.2, -0.15) is 5.10 Å². The monoisotopic (exact) mass is 269 g/mol. The molecule has 1 N–H and O–H groups in total. The van der Waals surface area contributed by atoms with Crippen LogP contribution in [-0.2, 0) is 0 Å². The quantitative estimate of drug-likeness (QED) is 0.586. The minimum atomic E-state index is 0.608. The summed E-state index contributed by atoms with van der Waals surface area (Å²) < 4.78 is 1.13. The van der Waals surface area contributed by atoms with Gasteiger partial charge in [-0.1, -0.05) is 23.5 Å². The summed E-state index contributed by atoms with van der Waals surface area (Å²) in [6, 6.07) is 9.76. The van der Waals surface area contributed by atoms with Crippen molar-refractivity contribution in [1.82, 2.24) is 15.0 Å². The number of nitrogens with zero attached hydrogens (tertiary/aromatic N) is 4. The van der Waals surface area contributed by atoms with Crippen LogP contribution >= 0.6 is 11.3 Å². The van der Waals surface area contributed by atoms with Crippen LogP contribution in [0, 0.1) is 0 Å². The molecule has 19 heavy (non-hydrogen) atoms. The minimum Gasteiger partial charge on any atom is -0.252 e. The SMILES string of the molecule is C/C(=N\Nc1nc2ccccc2s1)c1ncccn1. The van der Waals surface area contributed by atoms with Crippen LogP contribution in [0.5, 0.6) is 0 Å². The molecule has 5 nitrogen and oxygen atoms in total. The molecule has 2 aromatic heterocycles. The first kappa shape index (κ1) is 11.7. The predicted octanol–water partition coefficient (Wildman–Crippen LogP) is 2.92. The van der Waals surface area contributed by atoms with Crippen molar-refractivity contribution in [3.63, 3.8) is 0 Å². The fourth-order valence-electron chi connectivity index (χ4n) is 1.59. The maximum atomic E-state index is 4.44. The topological polar surface area (TPSA) is 63.1 Å². The Balaban J connectivity index is 1.82. The Kier molecular flexibility index (Phi) is 3.16. The zero-order valence-corrected chi connectivity index (χ0v) is 11.1. The third-order valence-electron chi connectivity index (χ3n) is 2.50. The van der Waals surface area contributed by atoms with E-state index in [0.29, 0.717) is 5.82 Å². The van der Waals surface area contributed by atoms with Crippen molar-refractivity contribution in [2.45, 2.75) is 6.92 Å². The smallest absolute Gasteiger partial charge is 0.204 e. The molecule has 0 aliphatic heterocycles. The number of hydrogen-bond acceptors (Lipinski definition) is 6. The standard InChI is InChI=1S/C13H11N5S/c1-9(12-14-7-4-8-15-12)17-18-13-16-10-5-2-3-6-11(10)19-13/h2-8H,1H3,(H,16,18)/b17-9+. The highest BCUT2D eigenvalue weighted by Crippen LogP contribution is 2.25. The molecule has 6 heteroatoms. The van der Waals surface area contributed by atoms with Crippen molar-refractivity contribution < 1.29 is 0 Å². The molecule has 0 saturated heterocycles. The van der Waals surface area contributed by atoms with Gasteiger partial charge in [0.2, 0.25) is 5.13 Å². The molecule has 0 atom stereocenters. The minimum absolute atomic E-state index is 0.608. The number of rotatable bonds is 3. The molecule has 0 bridgehead atoms. The highest BCUT2D eigenvalue weighted by atomic mass is 32.1. The maximum Gasteiger partial charge on any atom is 0.204 e. The van der Waals surface area contributed by atoms with Gasteiger partial charge in [0.25, 0.3) is 0 Å². The number of anilines is 1. The number of para-hydroxylation sites is 1. The molecule has 0 saturated carbocycles. The van der Waals surface area contributed by atoms with Crippen LogP contribution < -0.4 is 5.43 Å². The molecular formula is C13H11N5S. The van der Waals surface area contributed by atoms with E-state index in [9.17, 15) is 0 Å². The molecule has 0 aliphatic rings. The number of benzene rings is 1. The Morgan fingerprint density at radius 1 is 1.16 bits per heavy atom. The summed E-state index contributed by atoms with van der Waals surface area (Å²) in [7, 11) is 0. The lowest BCUT2D eigenvalue weighted by molar-refractivity contribution is 1.12. The van der Waals surface area contributed by atoms with Gasteiger partial charge in [-0.15, -0.1) is 0 Å². The molecule has 1 aromatic carbocycles. The molecule has 94 valence electrons. The van der Waals surface area contributed by atoms with E-state index in [4.69, 9.17) is 0 Å². The average molecular weight is 269 g/mol. The summed E-state index contributed by atoms with van der Waals surface area (Å²) in [6.45, 7) is 1.86. The van der Waals surface area contributed by atoms with Crippen LogP contribution in [0.4, 0.5) is 5.13 Å². The number of aromatic nitrogens is 3. The van der Waals surface area contributed by atoms with Crippen molar-refractivity contribution in [3.05, 3.63) is 48.5 Å². The molecule has 0 unspecified atom stereocenters. The highest BCUT2D eigenvalue weighted by molar-refractivity contribution is 7.22. The van der Waals surface area contributed by atoms with Gasteiger partial charge in [-0.3, -0.25) is 5.43 Å². The third-order valence-corrected chi connectivity index (χ3v) is 3.44. The van der Waals surface area contributed by atoms with Gasteiger partial charge in [-0.05, 0) is 25.1 Å². The summed E-state index contributed by atoms with van der Waals surface area (Å²) >= 11 is 1.56. The fraction of sp³-hybridized carbons (Fsp3) is 0.0769. The molecule has 2 heterocycles. The largest absolute Gasteiger partial charge is 0.252 e. The number of nitrogens with one attached hydrogen (secondary N) is 1. The summed E-state index contributed by atoms with van der Waals surface area (Å²) in [6.07, 6.45) is 3.39. The number of hydrogen-bond donors (Lipinski definition) is 1. The van der Waals surface area contributed by atoms with Gasteiger partial charge in [-0.25, -0.2) is 15.0 Å². The Morgan fingerprint density at radius 3 is 2.74 bits per heavy atom. The fourth-order valence-corrected chi connectivity index (χ4v) is 2.40. The molecule has 3 rings (SSSR count). The molecule has 0 spiro atoms. The van der Waals surface area contributed by atoms with Crippen LogP contribution in [-0.4, -0.2) is 20.7 Å². The van der Waals surface area contributed by atoms with E-state index in [1.165, 1.54) is 0 Å². The molecule has 0 amide bonds. The first-order valence-corrected chi connectivity index (χ1v) is 6.58. The second kappa shape index (κ2) is 5.11. The molecule has 0 fully saturated rings. The molecular weight excluding hydrogens is 258 g/mol. The van der Waals surface area contributed by atoms with Gasteiger partial charge in [0.05, 0.1) is 10.2 Å². The van der Waals surface area contributed by atoms with Gasteiger partial charge in [0, 0.05) is 12.4 Å². The van der Waals surface area contributed by atoms with Crippen LogP contribution in [0.25, 0.3) is 10.2 Å². The zero-order valence-electron chi connectivity index (χ0n) is 10.2. The van der Waals surface area contributed by atoms with Crippen LogP contribution in [0.3, 0.4) is 0 Å². The van der Waals surface area contributed by atoms with Crippen molar-refractivity contribution in [1.29, 1.82) is 0 Å². The summed E-state index contributed by atoms with van der Waals surface area (Å²) in [5.74, 6) is 0.608. The predicted molar refractivity (Wildman–Crippen MR) is 77.5 cm³/mol. The second-order valence-electron chi connectivity index (χ2n) is 3.87.